The van der Waals surface area contributed by atoms with Gasteiger partial charge in [-0.1, -0.05) is 18.2 Å². The Labute approximate surface area is 174 Å². The lowest BCUT2D eigenvalue weighted by molar-refractivity contribution is -0.139. The minimum Gasteiger partial charge on any atom is -0.465 e. The fraction of sp³-hybridized carbons (Fsp3) is 0.261. The van der Waals surface area contributed by atoms with Crippen LogP contribution in [0.1, 0.15) is 18.7 Å². The summed E-state index contributed by atoms with van der Waals surface area (Å²) in [5.74, 6) is -0.113. The molecule has 0 aliphatic carbocycles. The number of ether oxygens (including phenoxy) is 2. The molecule has 0 saturated carbocycles. The van der Waals surface area contributed by atoms with E-state index in [4.69, 9.17) is 14.5 Å². The Balaban J connectivity index is 1.70. The molecule has 4 rings (SSSR count). The van der Waals surface area contributed by atoms with Crippen LogP contribution in [-0.2, 0) is 32.0 Å². The largest absolute Gasteiger partial charge is 0.465 e. The molecule has 2 aliphatic heterocycles. The van der Waals surface area contributed by atoms with Crippen molar-refractivity contribution in [2.45, 2.75) is 25.8 Å². The van der Waals surface area contributed by atoms with Gasteiger partial charge in [0.1, 0.15) is 11.5 Å². The second kappa shape index (κ2) is 8.41. The summed E-state index contributed by atoms with van der Waals surface area (Å²) < 4.78 is 12.0. The molecule has 1 aromatic heterocycles. The van der Waals surface area contributed by atoms with Crippen molar-refractivity contribution in [2.24, 2.45) is 0 Å². The summed E-state index contributed by atoms with van der Waals surface area (Å²) in [7, 11) is 2.56. The number of hydrogen-bond donors (Lipinski definition) is 0. The fourth-order valence-electron chi connectivity index (χ4n) is 3.71. The predicted octanol–water partition coefficient (Wildman–Crippen LogP) is 3.38. The van der Waals surface area contributed by atoms with Crippen LogP contribution in [0.25, 0.3) is 11.3 Å². The molecule has 0 amide bonds. The van der Waals surface area contributed by atoms with Crippen LogP contribution in [0.4, 0.5) is 5.69 Å². The number of anilines is 1. The number of aryl methyl sites for hydroxylation is 2. The quantitative estimate of drug-likeness (QED) is 0.726. The summed E-state index contributed by atoms with van der Waals surface area (Å²) in [5.41, 5.74) is 2.86. The molecule has 154 valence electrons. The maximum atomic E-state index is 12.5. The molecule has 0 N–H and O–H groups in total. The lowest BCUT2D eigenvalue weighted by atomic mass is 10.1. The van der Waals surface area contributed by atoms with E-state index in [1.807, 2.05) is 24.3 Å². The molecule has 0 bridgehead atoms. The number of hydrogen-bond acceptors (Lipinski definition) is 6. The summed E-state index contributed by atoms with van der Waals surface area (Å²) in [6, 6.07) is 7.70. The number of nitrogens with zero attached hydrogens (tertiary/aromatic N) is 3. The molecule has 0 radical (unpaired) electrons. The van der Waals surface area contributed by atoms with E-state index in [9.17, 15) is 9.59 Å². The van der Waals surface area contributed by atoms with E-state index < -0.39 is 11.9 Å². The van der Waals surface area contributed by atoms with E-state index in [0.717, 1.165) is 30.0 Å². The van der Waals surface area contributed by atoms with E-state index in [1.165, 1.54) is 27.1 Å². The van der Waals surface area contributed by atoms with Crippen LogP contribution in [-0.4, -0.2) is 35.7 Å². The van der Waals surface area contributed by atoms with Crippen molar-refractivity contribution < 1.29 is 19.1 Å². The van der Waals surface area contributed by atoms with Crippen molar-refractivity contribution in [2.75, 3.05) is 19.1 Å². The van der Waals surface area contributed by atoms with E-state index in [1.54, 1.807) is 29.3 Å². The van der Waals surface area contributed by atoms with Gasteiger partial charge >= 0.3 is 11.9 Å². The molecule has 1 aromatic carbocycles. The van der Waals surface area contributed by atoms with Gasteiger partial charge < -0.3 is 18.9 Å². The molecule has 2 aromatic rings. The lowest BCUT2D eigenvalue weighted by Crippen LogP contribution is -2.26. The van der Waals surface area contributed by atoms with Gasteiger partial charge in [-0.2, -0.15) is 0 Å². The van der Waals surface area contributed by atoms with Gasteiger partial charge in [-0.25, -0.2) is 14.6 Å². The number of carbonyl (C=O) groups is 2. The first-order valence-electron chi connectivity index (χ1n) is 9.84. The van der Waals surface area contributed by atoms with Crippen molar-refractivity contribution in [3.05, 3.63) is 72.0 Å². The predicted molar refractivity (Wildman–Crippen MR) is 112 cm³/mol. The van der Waals surface area contributed by atoms with Crippen LogP contribution in [0.15, 0.2) is 66.2 Å². The summed E-state index contributed by atoms with van der Waals surface area (Å²) in [6.07, 6.45) is 12.1. The first kappa shape index (κ1) is 19.7. The Morgan fingerprint density at radius 3 is 2.47 bits per heavy atom. The molecule has 7 nitrogen and oxygen atoms in total. The standard InChI is InChI=1S/C23H23N3O4/c1-29-22(27)18-7-3-6-14-26(21(18)23(28)30-2)17-11-9-16(10-12-17)19-15-25-13-5-4-8-20(25)24-19/h3,6-7,9-12,14-15H,4-5,8,13H2,1-2H3. The van der Waals surface area contributed by atoms with Crippen LogP contribution in [0.2, 0.25) is 0 Å². The third kappa shape index (κ3) is 3.66. The highest BCUT2D eigenvalue weighted by Gasteiger charge is 2.27. The highest BCUT2D eigenvalue weighted by molar-refractivity contribution is 6.05. The van der Waals surface area contributed by atoms with Gasteiger partial charge in [-0.05, 0) is 37.1 Å². The summed E-state index contributed by atoms with van der Waals surface area (Å²) in [4.78, 5) is 31.2. The van der Waals surface area contributed by atoms with Crippen LogP contribution in [0, 0.1) is 0 Å². The van der Waals surface area contributed by atoms with Crippen molar-refractivity contribution in [1.29, 1.82) is 0 Å². The number of esters is 2. The Morgan fingerprint density at radius 1 is 1.00 bits per heavy atom. The van der Waals surface area contributed by atoms with Crippen molar-refractivity contribution in [3.8, 4) is 11.3 Å². The average molecular weight is 405 g/mol. The minimum absolute atomic E-state index is 0.0968. The topological polar surface area (TPSA) is 73.7 Å². The third-order valence-electron chi connectivity index (χ3n) is 5.24. The smallest absolute Gasteiger partial charge is 0.355 e. The monoisotopic (exact) mass is 405 g/mol. The SMILES string of the molecule is COC(=O)C1=C(C(=O)OC)N(c2ccc(-c3cn4c(n3)CCCC4)cc2)C=CC=C1. The number of benzene rings is 1. The first-order chi connectivity index (χ1) is 14.6. The van der Waals surface area contributed by atoms with Gasteiger partial charge in [0.2, 0.25) is 0 Å². The van der Waals surface area contributed by atoms with Gasteiger partial charge in [-0.15, -0.1) is 0 Å². The average Bonchev–Trinajstić information content (AvgIpc) is 3.10. The normalized spacial score (nSPS) is 15.6. The van der Waals surface area contributed by atoms with Crippen molar-refractivity contribution in [1.82, 2.24) is 9.55 Å². The Kier molecular flexibility index (Phi) is 5.52. The van der Waals surface area contributed by atoms with Crippen LogP contribution in [0.5, 0.6) is 0 Å². The lowest BCUT2D eigenvalue weighted by Gasteiger charge is -2.23. The summed E-state index contributed by atoms with van der Waals surface area (Å²) >= 11 is 0. The van der Waals surface area contributed by atoms with E-state index in [2.05, 4.69) is 10.8 Å². The number of carbonyl (C=O) groups excluding carboxylic acids is 2. The molecular formula is C23H23N3O4. The first-order valence-corrected chi connectivity index (χ1v) is 9.84. The number of allylic oxidation sites excluding steroid dienone is 2. The third-order valence-corrected chi connectivity index (χ3v) is 5.24. The molecule has 0 unspecified atom stereocenters. The molecule has 7 heteroatoms. The maximum Gasteiger partial charge on any atom is 0.355 e. The number of fused-ring (bicyclic) bond motifs is 1. The summed E-state index contributed by atoms with van der Waals surface area (Å²) in [6.45, 7) is 1.01. The maximum absolute atomic E-state index is 12.5. The zero-order chi connectivity index (χ0) is 21.1. The van der Waals surface area contributed by atoms with E-state index >= 15 is 0 Å². The molecule has 0 atom stereocenters. The number of methoxy groups -OCH3 is 2. The molecule has 0 saturated heterocycles. The Hall–Kier alpha value is -3.61. The summed E-state index contributed by atoms with van der Waals surface area (Å²) in [5, 5.41) is 0. The van der Waals surface area contributed by atoms with Gasteiger partial charge in [0.25, 0.3) is 0 Å². The van der Waals surface area contributed by atoms with Gasteiger partial charge in [0, 0.05) is 36.6 Å². The zero-order valence-corrected chi connectivity index (χ0v) is 17.0. The van der Waals surface area contributed by atoms with Gasteiger partial charge in [0.05, 0.1) is 25.5 Å². The second-order valence-electron chi connectivity index (χ2n) is 7.06. The number of rotatable bonds is 4. The van der Waals surface area contributed by atoms with E-state index in [0.29, 0.717) is 5.69 Å². The van der Waals surface area contributed by atoms with Crippen LogP contribution >= 0.6 is 0 Å². The van der Waals surface area contributed by atoms with E-state index in [-0.39, 0.29) is 11.3 Å². The number of imidazole rings is 1. The molecular weight excluding hydrogens is 382 g/mol. The highest BCUT2D eigenvalue weighted by Crippen LogP contribution is 2.29. The number of aromatic nitrogens is 2. The van der Waals surface area contributed by atoms with Crippen LogP contribution < -0.4 is 4.90 Å². The second-order valence-corrected chi connectivity index (χ2v) is 7.06. The van der Waals surface area contributed by atoms with Gasteiger partial charge in [0.15, 0.2) is 0 Å². The van der Waals surface area contributed by atoms with Crippen molar-refractivity contribution in [3.63, 3.8) is 0 Å². The van der Waals surface area contributed by atoms with Crippen molar-refractivity contribution >= 4 is 17.6 Å². The fourth-order valence-corrected chi connectivity index (χ4v) is 3.71. The molecule has 0 fully saturated rings. The molecule has 0 spiro atoms. The van der Waals surface area contributed by atoms with Gasteiger partial charge in [-0.3, -0.25) is 0 Å². The molecule has 3 heterocycles. The molecule has 2 aliphatic rings. The molecule has 30 heavy (non-hydrogen) atoms. The Morgan fingerprint density at radius 2 is 1.77 bits per heavy atom. The minimum atomic E-state index is -0.627. The Bertz CT molecular complexity index is 1040. The zero-order valence-electron chi connectivity index (χ0n) is 17.0. The highest BCUT2D eigenvalue weighted by atomic mass is 16.5. The van der Waals surface area contributed by atoms with Crippen LogP contribution in [0.3, 0.4) is 0 Å².